The Kier molecular flexibility index (Phi) is 19.9. The fourth-order valence-electron chi connectivity index (χ4n) is 9.87. The van der Waals surface area contributed by atoms with Gasteiger partial charge < -0.3 is 15.0 Å². The quantitative estimate of drug-likeness (QED) is 0.0536. The summed E-state index contributed by atoms with van der Waals surface area (Å²) in [7, 11) is -6.77. The van der Waals surface area contributed by atoms with Crippen LogP contribution in [-0.2, 0) is 36.2 Å². The summed E-state index contributed by atoms with van der Waals surface area (Å²) in [6.07, 6.45) is 4.86. The van der Waals surface area contributed by atoms with Crippen molar-refractivity contribution >= 4 is 123 Å². The first-order chi connectivity index (χ1) is 44.4. The highest BCUT2D eigenvalue weighted by Gasteiger charge is 2.32. The SMILES string of the molecule is CNS(=O)(=O)c1ccccc1-c1ccc2nc(/C=C/c3c(F)cccc3Cl)[nH]c2c1.CNS(=O)(=O)c1ccccc1-c1ccc2nc(/C=C/c3cc(C)ccc3C(F)(F)F)[nH]c2c1.CNS(=O)(=O)c1ccccc1-c1ccc2nc(/C=C/c3cccc(Cl)c3F)[nH]c2c1. The number of benzene rings is 9. The first kappa shape index (κ1) is 66.5. The van der Waals surface area contributed by atoms with Crippen molar-refractivity contribution < 1.29 is 47.2 Å². The van der Waals surface area contributed by atoms with Gasteiger partial charge in [-0.15, -0.1) is 0 Å². The lowest BCUT2D eigenvalue weighted by molar-refractivity contribution is -0.137. The molecule has 0 saturated heterocycles. The first-order valence-electron chi connectivity index (χ1n) is 28.0. The second-order valence-corrected chi connectivity index (χ2v) is 26.9. The summed E-state index contributed by atoms with van der Waals surface area (Å²) in [5.74, 6) is 0.541. The van der Waals surface area contributed by atoms with Crippen LogP contribution >= 0.6 is 23.2 Å². The molecule has 12 rings (SSSR count). The van der Waals surface area contributed by atoms with Gasteiger partial charge in [-0.1, -0.05) is 138 Å². The first-order valence-corrected chi connectivity index (χ1v) is 33.2. The van der Waals surface area contributed by atoms with Crippen LogP contribution in [0.1, 0.15) is 45.3 Å². The van der Waals surface area contributed by atoms with Crippen LogP contribution in [0.5, 0.6) is 0 Å². The van der Waals surface area contributed by atoms with Crippen molar-refractivity contribution in [1.29, 1.82) is 0 Å². The van der Waals surface area contributed by atoms with Gasteiger partial charge in [0.05, 0.1) is 63.4 Å². The van der Waals surface area contributed by atoms with Crippen LogP contribution in [0, 0.1) is 18.6 Å². The molecule has 15 nitrogen and oxygen atoms in total. The highest BCUT2D eigenvalue weighted by molar-refractivity contribution is 7.90. The summed E-state index contributed by atoms with van der Waals surface area (Å²) in [6.45, 7) is 1.73. The molecule has 3 aromatic heterocycles. The number of fused-ring (bicyclic) bond motifs is 3. The van der Waals surface area contributed by atoms with E-state index in [9.17, 15) is 47.2 Å². The summed E-state index contributed by atoms with van der Waals surface area (Å²) in [6, 6.07) is 49.6. The molecule has 0 atom stereocenters. The van der Waals surface area contributed by atoms with Gasteiger partial charge in [0.1, 0.15) is 29.1 Å². The number of rotatable bonds is 15. The summed E-state index contributed by atoms with van der Waals surface area (Å²) in [5.41, 5.74) is 8.60. The predicted octanol–water partition coefficient (Wildman–Crippen LogP) is 15.8. The highest BCUT2D eigenvalue weighted by atomic mass is 35.5. The van der Waals surface area contributed by atoms with Gasteiger partial charge in [-0.05, 0) is 160 Å². The number of aromatic nitrogens is 6. The van der Waals surface area contributed by atoms with Gasteiger partial charge in [-0.3, -0.25) is 0 Å². The number of H-pyrrole nitrogens is 3. The molecule has 474 valence electrons. The molecule has 0 aliphatic rings. The molecule has 0 fully saturated rings. The third kappa shape index (κ3) is 15.2. The van der Waals surface area contributed by atoms with Crippen LogP contribution in [-0.4, -0.2) is 76.3 Å². The molecule has 93 heavy (non-hydrogen) atoms. The predicted molar refractivity (Wildman–Crippen MR) is 359 cm³/mol. The highest BCUT2D eigenvalue weighted by Crippen LogP contribution is 2.36. The Labute approximate surface area is 542 Å². The van der Waals surface area contributed by atoms with Crippen molar-refractivity contribution in [3.8, 4) is 33.4 Å². The minimum absolute atomic E-state index is 0.0508. The third-order valence-electron chi connectivity index (χ3n) is 14.5. The van der Waals surface area contributed by atoms with E-state index in [-0.39, 0.29) is 30.8 Å². The molecule has 0 radical (unpaired) electrons. The molecule has 0 saturated carbocycles. The Balaban J connectivity index is 0.000000153. The molecule has 0 unspecified atom stereocenters. The van der Waals surface area contributed by atoms with Gasteiger partial charge >= 0.3 is 6.18 Å². The second kappa shape index (κ2) is 27.8. The number of alkyl halides is 3. The normalized spacial score (nSPS) is 12.3. The standard InChI is InChI=1S/C24H20F3N3O2S.2C22H17ClFN3O2S/c1-15-7-10-19(24(25,26)27)17(13-15)9-12-23-29-20-11-8-16(14-21(20)30-23)18-5-3-4-6-22(18)33(31,32)28-2;1-25-30(28,29)20-8-3-2-6-16(20)15-9-11-18-19(13-15)27-21(26-18)12-10-14-5-4-7-17(23)22(14)24;1-25-30(28,29)21-8-3-2-5-15(21)14-9-11-19-20(13-14)27-22(26-19)12-10-16-17(23)6-4-7-18(16)24/h3-14,28H,1-2H3,(H,29,30);2*2-13,25H,1H3,(H,26,27)/b12-9+;2*12-10+. The fourth-order valence-corrected chi connectivity index (χ4v) is 13.1. The van der Waals surface area contributed by atoms with Gasteiger partial charge in [-0.25, -0.2) is 63.2 Å². The Bertz CT molecular complexity index is 5250. The van der Waals surface area contributed by atoms with Crippen molar-refractivity contribution in [2.24, 2.45) is 0 Å². The van der Waals surface area contributed by atoms with Crippen molar-refractivity contribution in [3.05, 3.63) is 249 Å². The number of hydrogen-bond acceptors (Lipinski definition) is 9. The van der Waals surface area contributed by atoms with Crippen LogP contribution in [0.4, 0.5) is 22.0 Å². The number of nitrogens with one attached hydrogen (secondary N) is 6. The topological polar surface area (TPSA) is 225 Å². The van der Waals surface area contributed by atoms with Crippen molar-refractivity contribution in [2.45, 2.75) is 27.8 Å². The minimum atomic E-state index is -4.46. The zero-order valence-corrected chi connectivity index (χ0v) is 53.4. The van der Waals surface area contributed by atoms with Crippen molar-refractivity contribution in [1.82, 2.24) is 44.1 Å². The molecule has 6 N–H and O–H groups in total. The van der Waals surface area contributed by atoms with Gasteiger partial charge in [0, 0.05) is 27.8 Å². The van der Waals surface area contributed by atoms with Crippen molar-refractivity contribution in [2.75, 3.05) is 21.1 Å². The van der Waals surface area contributed by atoms with E-state index in [0.29, 0.717) is 77.9 Å². The van der Waals surface area contributed by atoms with E-state index in [1.54, 1.807) is 153 Å². The molecule has 0 bridgehead atoms. The lowest BCUT2D eigenvalue weighted by Gasteiger charge is -2.10. The summed E-state index contributed by atoms with van der Waals surface area (Å²) >= 11 is 11.9. The zero-order chi connectivity index (χ0) is 66.4. The number of hydrogen-bond donors (Lipinski definition) is 6. The van der Waals surface area contributed by atoms with Gasteiger partial charge in [0.2, 0.25) is 30.1 Å². The Morgan fingerprint density at radius 2 is 0.817 bits per heavy atom. The molecular formula is C68H54Cl2F5N9O6S3. The molecule has 12 aromatic rings. The van der Waals surface area contributed by atoms with E-state index in [1.165, 1.54) is 63.6 Å². The van der Waals surface area contributed by atoms with E-state index in [4.69, 9.17) is 23.2 Å². The van der Waals surface area contributed by atoms with E-state index >= 15 is 0 Å². The Hall–Kier alpha value is -9.43. The van der Waals surface area contributed by atoms with Crippen LogP contribution < -0.4 is 14.2 Å². The largest absolute Gasteiger partial charge is 0.416 e. The number of sulfonamides is 3. The maximum atomic E-state index is 14.0. The average Bonchev–Trinajstić information content (AvgIpc) is 1.83. The minimum Gasteiger partial charge on any atom is -0.338 e. The van der Waals surface area contributed by atoms with E-state index in [0.717, 1.165) is 28.2 Å². The van der Waals surface area contributed by atoms with Gasteiger partial charge in [0.15, 0.2) is 0 Å². The number of halogens is 7. The van der Waals surface area contributed by atoms with Crippen LogP contribution in [0.25, 0.3) is 103 Å². The van der Waals surface area contributed by atoms with Crippen LogP contribution in [0.3, 0.4) is 0 Å². The number of aromatic amines is 3. The lowest BCUT2D eigenvalue weighted by atomic mass is 10.0. The molecule has 25 heteroatoms. The second-order valence-electron chi connectivity index (χ2n) is 20.5. The smallest absolute Gasteiger partial charge is 0.338 e. The summed E-state index contributed by atoms with van der Waals surface area (Å²) in [5, 5.41) is 0.369. The molecule has 0 aliphatic heterocycles. The van der Waals surface area contributed by atoms with Crippen LogP contribution in [0.2, 0.25) is 10.0 Å². The molecule has 0 amide bonds. The number of nitrogens with zero attached hydrogens (tertiary/aromatic N) is 3. The molecule has 3 heterocycles. The maximum Gasteiger partial charge on any atom is 0.416 e. The van der Waals surface area contributed by atoms with Gasteiger partial charge in [0.25, 0.3) is 0 Å². The van der Waals surface area contributed by atoms with Crippen LogP contribution in [0.15, 0.2) is 197 Å². The Morgan fingerprint density at radius 3 is 1.23 bits per heavy atom. The maximum absolute atomic E-state index is 14.0. The average molecular weight is 1360 g/mol. The van der Waals surface area contributed by atoms with Gasteiger partial charge in [-0.2, -0.15) is 13.2 Å². The number of aryl methyl sites for hydroxylation is 1. The molecule has 0 aliphatic carbocycles. The summed E-state index contributed by atoms with van der Waals surface area (Å²) in [4.78, 5) is 23.3. The van der Waals surface area contributed by atoms with E-state index in [1.807, 2.05) is 24.3 Å². The number of imidazole rings is 3. The summed E-state index contributed by atoms with van der Waals surface area (Å²) < 4.78 is 149. The lowest BCUT2D eigenvalue weighted by Crippen LogP contribution is -2.19. The fraction of sp³-hybridized carbons (Fsp3) is 0.0735. The van der Waals surface area contributed by atoms with E-state index < -0.39 is 53.4 Å². The Morgan fingerprint density at radius 1 is 0.430 bits per heavy atom. The molecular weight excluding hydrogens is 1300 g/mol. The molecule has 9 aromatic carbocycles. The molecule has 0 spiro atoms. The van der Waals surface area contributed by atoms with E-state index in [2.05, 4.69) is 44.1 Å². The monoisotopic (exact) mass is 1350 g/mol. The third-order valence-corrected chi connectivity index (χ3v) is 19.6. The zero-order valence-electron chi connectivity index (χ0n) is 49.4. The van der Waals surface area contributed by atoms with Crippen molar-refractivity contribution in [3.63, 3.8) is 0 Å².